The second-order valence-corrected chi connectivity index (χ2v) is 14.9. The molecule has 0 aromatic rings. The number of carbonyl (C=O) groups is 3. The van der Waals surface area contributed by atoms with Gasteiger partial charge in [-0.25, -0.2) is 0 Å². The van der Waals surface area contributed by atoms with E-state index in [0.29, 0.717) is 30.5 Å². The van der Waals surface area contributed by atoms with E-state index in [-0.39, 0.29) is 39.4 Å². The number of rotatable bonds is 2. The summed E-state index contributed by atoms with van der Waals surface area (Å²) in [6, 6.07) is 0. The molecular formula is C32H48O5. The van der Waals surface area contributed by atoms with Gasteiger partial charge in [-0.2, -0.15) is 0 Å². The Morgan fingerprint density at radius 3 is 2.32 bits per heavy atom. The van der Waals surface area contributed by atoms with Gasteiger partial charge in [-0.3, -0.25) is 9.59 Å². The standard InChI is InChI=1S/C32H48O5/c1-18-19(2)26(37-20(3)34)27(36)32(17-33)16-15-30(7)21(25(18)32)9-10-23-29(6)13-12-24(35)28(4,5)22(29)11-14-31(23,30)8/h9,17-19,22-23,25-27,36H,10-16H2,1-8H3/t18-,19-,22?,23+,25-,26+,27+,29-,30+,31+,32-/m0/s1. The number of esters is 1. The molecule has 0 radical (unpaired) electrons. The van der Waals surface area contributed by atoms with Crippen LogP contribution in [-0.4, -0.2) is 35.4 Å². The molecule has 0 saturated heterocycles. The van der Waals surface area contributed by atoms with Gasteiger partial charge in [0.1, 0.15) is 24.3 Å². The summed E-state index contributed by atoms with van der Waals surface area (Å²) >= 11 is 0. The Bertz CT molecular complexity index is 1040. The van der Waals surface area contributed by atoms with Crippen LogP contribution in [0.3, 0.4) is 0 Å². The molecule has 0 spiro atoms. The first-order valence-electron chi connectivity index (χ1n) is 14.7. The zero-order valence-corrected chi connectivity index (χ0v) is 24.2. The zero-order chi connectivity index (χ0) is 27.3. The SMILES string of the molecule is CC(=O)O[C@@H]1[C@@H](C)[C@H](C)[C@H]2C3=CC[C@@H]4[C@@]5(C)CCC(=O)C(C)(C)C5CC[C@@]4(C)[C@]3(C)CC[C@@]2(C=O)[C@@H]1O. The van der Waals surface area contributed by atoms with Crippen molar-refractivity contribution in [1.29, 1.82) is 0 Å². The van der Waals surface area contributed by atoms with Gasteiger partial charge in [0.15, 0.2) is 0 Å². The van der Waals surface area contributed by atoms with Crippen LogP contribution in [0.25, 0.3) is 0 Å². The molecule has 11 atom stereocenters. The molecule has 5 aliphatic rings. The second-order valence-electron chi connectivity index (χ2n) is 14.9. The lowest BCUT2D eigenvalue weighted by atomic mass is 9.33. The normalized spacial score (nSPS) is 52.5. The number of Topliss-reactive ketones (excluding diaryl/α,β-unsaturated/α-hetero) is 1. The molecule has 0 amide bonds. The highest BCUT2D eigenvalue weighted by Crippen LogP contribution is 2.75. The average Bonchev–Trinajstić information content (AvgIpc) is 2.83. The lowest BCUT2D eigenvalue weighted by Gasteiger charge is -2.71. The van der Waals surface area contributed by atoms with Gasteiger partial charge in [-0.05, 0) is 84.4 Å². The van der Waals surface area contributed by atoms with E-state index >= 15 is 0 Å². The van der Waals surface area contributed by atoms with Crippen molar-refractivity contribution in [3.8, 4) is 0 Å². The van der Waals surface area contributed by atoms with E-state index in [1.807, 2.05) is 0 Å². The van der Waals surface area contributed by atoms with Crippen LogP contribution < -0.4 is 0 Å². The summed E-state index contributed by atoms with van der Waals surface area (Å²) in [5.41, 5.74) is 0.253. The molecule has 5 nitrogen and oxygen atoms in total. The number of aldehydes is 1. The molecule has 5 aliphatic carbocycles. The Hall–Kier alpha value is -1.49. The molecule has 5 heteroatoms. The van der Waals surface area contributed by atoms with E-state index in [1.54, 1.807) is 0 Å². The van der Waals surface area contributed by atoms with E-state index in [9.17, 15) is 19.5 Å². The minimum atomic E-state index is -1.00. The maximum absolute atomic E-state index is 13.0. The van der Waals surface area contributed by atoms with Gasteiger partial charge in [0.25, 0.3) is 0 Å². The predicted molar refractivity (Wildman–Crippen MR) is 142 cm³/mol. The monoisotopic (exact) mass is 512 g/mol. The molecule has 1 N–H and O–H groups in total. The van der Waals surface area contributed by atoms with Crippen LogP contribution in [0.4, 0.5) is 0 Å². The fourth-order valence-electron chi connectivity index (χ4n) is 11.0. The first-order valence-corrected chi connectivity index (χ1v) is 14.7. The summed E-state index contributed by atoms with van der Waals surface area (Å²) < 4.78 is 5.63. The van der Waals surface area contributed by atoms with Gasteiger partial charge in [0, 0.05) is 18.8 Å². The maximum Gasteiger partial charge on any atom is 0.303 e. The number of aliphatic hydroxyl groups is 1. The number of ketones is 1. The summed E-state index contributed by atoms with van der Waals surface area (Å²) in [6.07, 6.45) is 8.01. The molecule has 0 heterocycles. The number of hydrogen-bond acceptors (Lipinski definition) is 5. The van der Waals surface area contributed by atoms with Crippen molar-refractivity contribution in [3.63, 3.8) is 0 Å². The first kappa shape index (κ1) is 27.1. The Labute approximate surface area is 223 Å². The third-order valence-electron chi connectivity index (χ3n) is 13.5. The first-order chi connectivity index (χ1) is 17.1. The second kappa shape index (κ2) is 8.26. The quantitative estimate of drug-likeness (QED) is 0.282. The van der Waals surface area contributed by atoms with Gasteiger partial charge in [0.2, 0.25) is 0 Å². The third-order valence-corrected chi connectivity index (χ3v) is 13.5. The lowest BCUT2D eigenvalue weighted by molar-refractivity contribution is -0.213. The van der Waals surface area contributed by atoms with Crippen molar-refractivity contribution in [2.24, 2.45) is 56.7 Å². The summed E-state index contributed by atoms with van der Waals surface area (Å²) in [5, 5.41) is 11.6. The Kier molecular flexibility index (Phi) is 6.05. The molecule has 1 unspecified atom stereocenters. The van der Waals surface area contributed by atoms with Crippen LogP contribution in [-0.2, 0) is 19.1 Å². The number of aliphatic hydroxyl groups excluding tert-OH is 1. The number of ether oxygens (including phenoxy) is 1. The maximum atomic E-state index is 13.0. The molecule has 37 heavy (non-hydrogen) atoms. The van der Waals surface area contributed by atoms with E-state index < -0.39 is 23.6 Å². The topological polar surface area (TPSA) is 80.7 Å². The smallest absolute Gasteiger partial charge is 0.303 e. The average molecular weight is 513 g/mol. The summed E-state index contributed by atoms with van der Waals surface area (Å²) in [7, 11) is 0. The minimum absolute atomic E-state index is 0.0517. The van der Waals surface area contributed by atoms with E-state index in [2.05, 4.69) is 54.5 Å². The Balaban J connectivity index is 1.60. The lowest BCUT2D eigenvalue weighted by Crippen LogP contribution is -2.68. The molecule has 4 saturated carbocycles. The van der Waals surface area contributed by atoms with Gasteiger partial charge in [0.05, 0.1) is 5.41 Å². The van der Waals surface area contributed by atoms with Gasteiger partial charge >= 0.3 is 5.97 Å². The van der Waals surface area contributed by atoms with Crippen molar-refractivity contribution in [2.45, 2.75) is 113 Å². The van der Waals surface area contributed by atoms with Crippen LogP contribution in [0.15, 0.2) is 11.6 Å². The van der Waals surface area contributed by atoms with Crippen molar-refractivity contribution in [1.82, 2.24) is 0 Å². The van der Waals surface area contributed by atoms with Crippen molar-refractivity contribution in [2.75, 3.05) is 0 Å². The summed E-state index contributed by atoms with van der Waals surface area (Å²) in [6.45, 7) is 17.4. The van der Waals surface area contributed by atoms with Crippen molar-refractivity contribution >= 4 is 18.0 Å². The molecule has 5 rings (SSSR count). The number of allylic oxidation sites excluding steroid dienone is 2. The van der Waals surface area contributed by atoms with Crippen LogP contribution >= 0.6 is 0 Å². The molecule has 0 aromatic heterocycles. The van der Waals surface area contributed by atoms with Crippen LogP contribution in [0.1, 0.15) is 100 Å². The molecule has 206 valence electrons. The van der Waals surface area contributed by atoms with Crippen molar-refractivity contribution < 1.29 is 24.2 Å². The summed E-state index contributed by atoms with van der Waals surface area (Å²) in [4.78, 5) is 37.8. The van der Waals surface area contributed by atoms with Crippen LogP contribution in [0.2, 0.25) is 0 Å². The zero-order valence-electron chi connectivity index (χ0n) is 24.2. The summed E-state index contributed by atoms with van der Waals surface area (Å²) in [5.74, 6) is 0.884. The minimum Gasteiger partial charge on any atom is -0.459 e. The van der Waals surface area contributed by atoms with Gasteiger partial charge in [-0.15, -0.1) is 0 Å². The molecule has 0 aliphatic heterocycles. The van der Waals surface area contributed by atoms with Crippen molar-refractivity contribution in [3.05, 3.63) is 11.6 Å². The number of fused-ring (bicyclic) bond motifs is 7. The highest BCUT2D eigenvalue weighted by atomic mass is 16.6. The Morgan fingerprint density at radius 2 is 1.70 bits per heavy atom. The molecule has 4 fully saturated rings. The van der Waals surface area contributed by atoms with Gasteiger partial charge in [-0.1, -0.05) is 60.1 Å². The number of hydrogen-bond donors (Lipinski definition) is 1. The predicted octanol–water partition coefficient (Wildman–Crippen LogP) is 5.92. The Morgan fingerprint density at radius 1 is 1.03 bits per heavy atom. The fourth-order valence-corrected chi connectivity index (χ4v) is 11.0. The highest BCUT2D eigenvalue weighted by Gasteiger charge is 2.70. The highest BCUT2D eigenvalue weighted by molar-refractivity contribution is 5.85. The molecular weight excluding hydrogens is 464 g/mol. The fraction of sp³-hybridized carbons (Fsp3) is 0.844. The van der Waals surface area contributed by atoms with Crippen LogP contribution in [0.5, 0.6) is 0 Å². The van der Waals surface area contributed by atoms with Gasteiger partial charge < -0.3 is 14.6 Å². The third kappa shape index (κ3) is 3.22. The van der Waals surface area contributed by atoms with E-state index in [0.717, 1.165) is 38.4 Å². The van der Waals surface area contributed by atoms with E-state index in [1.165, 1.54) is 12.5 Å². The largest absolute Gasteiger partial charge is 0.459 e. The van der Waals surface area contributed by atoms with Crippen LogP contribution in [0, 0.1) is 56.7 Å². The molecule has 0 aromatic carbocycles. The molecule has 0 bridgehead atoms. The van der Waals surface area contributed by atoms with E-state index in [4.69, 9.17) is 4.74 Å². The number of carbonyl (C=O) groups excluding carboxylic acids is 3.